The highest BCUT2D eigenvalue weighted by Gasteiger charge is 2.45. The Balaban J connectivity index is 2.46. The van der Waals surface area contributed by atoms with Gasteiger partial charge in [-0.2, -0.15) is 0 Å². The SMILES string of the molecule is CNCC1(c2cc(OC)c(SC)cc2OC)CC1. The summed E-state index contributed by atoms with van der Waals surface area (Å²) in [5, 5.41) is 3.28. The van der Waals surface area contributed by atoms with Gasteiger partial charge in [-0.15, -0.1) is 11.8 Å². The van der Waals surface area contributed by atoms with Gasteiger partial charge in [0.15, 0.2) is 0 Å². The van der Waals surface area contributed by atoms with E-state index in [4.69, 9.17) is 9.47 Å². The maximum Gasteiger partial charge on any atom is 0.132 e. The first-order valence-corrected chi connectivity index (χ1v) is 7.38. The van der Waals surface area contributed by atoms with Crippen LogP contribution >= 0.6 is 11.8 Å². The fourth-order valence-electron chi connectivity index (χ4n) is 2.47. The fraction of sp³-hybridized carbons (Fsp3) is 0.571. The molecule has 0 unspecified atom stereocenters. The third-order valence-electron chi connectivity index (χ3n) is 3.65. The topological polar surface area (TPSA) is 30.5 Å². The van der Waals surface area contributed by atoms with Crippen LogP contribution in [-0.2, 0) is 5.41 Å². The Kier molecular flexibility index (Phi) is 4.07. The van der Waals surface area contributed by atoms with Gasteiger partial charge in [0.1, 0.15) is 11.5 Å². The maximum absolute atomic E-state index is 5.56. The lowest BCUT2D eigenvalue weighted by molar-refractivity contribution is 0.385. The third-order valence-corrected chi connectivity index (χ3v) is 4.40. The highest BCUT2D eigenvalue weighted by atomic mass is 32.2. The molecule has 0 saturated heterocycles. The van der Waals surface area contributed by atoms with Gasteiger partial charge in [-0.3, -0.25) is 0 Å². The van der Waals surface area contributed by atoms with Crippen molar-refractivity contribution in [3.63, 3.8) is 0 Å². The molecule has 1 fully saturated rings. The molecule has 1 aliphatic carbocycles. The van der Waals surface area contributed by atoms with E-state index in [-0.39, 0.29) is 5.41 Å². The Labute approximate surface area is 113 Å². The molecule has 0 radical (unpaired) electrons. The van der Waals surface area contributed by atoms with Crippen LogP contribution in [0.25, 0.3) is 0 Å². The van der Waals surface area contributed by atoms with Crippen molar-refractivity contribution >= 4 is 11.8 Å². The highest BCUT2D eigenvalue weighted by molar-refractivity contribution is 7.98. The Bertz CT molecular complexity index is 430. The van der Waals surface area contributed by atoms with Crippen LogP contribution in [0.2, 0.25) is 0 Å². The minimum atomic E-state index is 0.240. The highest BCUT2D eigenvalue weighted by Crippen LogP contribution is 2.52. The molecule has 0 aromatic heterocycles. The largest absolute Gasteiger partial charge is 0.496 e. The lowest BCUT2D eigenvalue weighted by Crippen LogP contribution is -2.24. The third kappa shape index (κ3) is 2.31. The van der Waals surface area contributed by atoms with Gasteiger partial charge < -0.3 is 14.8 Å². The number of hydrogen-bond donors (Lipinski definition) is 1. The van der Waals surface area contributed by atoms with E-state index >= 15 is 0 Å². The zero-order valence-corrected chi connectivity index (χ0v) is 12.3. The molecule has 1 aromatic rings. The van der Waals surface area contributed by atoms with E-state index < -0.39 is 0 Å². The smallest absolute Gasteiger partial charge is 0.132 e. The van der Waals surface area contributed by atoms with Gasteiger partial charge >= 0.3 is 0 Å². The molecule has 0 atom stereocenters. The zero-order valence-electron chi connectivity index (χ0n) is 11.5. The van der Waals surface area contributed by atoms with Crippen molar-refractivity contribution in [2.24, 2.45) is 0 Å². The molecule has 0 bridgehead atoms. The minimum absolute atomic E-state index is 0.240. The molecule has 1 saturated carbocycles. The molecule has 3 nitrogen and oxygen atoms in total. The summed E-state index contributed by atoms with van der Waals surface area (Å²) in [5.74, 6) is 1.92. The average Bonchev–Trinajstić information content (AvgIpc) is 3.18. The number of ether oxygens (including phenoxy) is 2. The minimum Gasteiger partial charge on any atom is -0.496 e. The molecule has 4 heteroatoms. The summed E-state index contributed by atoms with van der Waals surface area (Å²) in [7, 11) is 5.47. The number of nitrogens with one attached hydrogen (secondary N) is 1. The molecule has 1 aromatic carbocycles. The second-order valence-electron chi connectivity index (χ2n) is 4.72. The summed E-state index contributed by atoms with van der Waals surface area (Å²) in [4.78, 5) is 1.12. The van der Waals surface area contributed by atoms with E-state index in [1.807, 2.05) is 7.05 Å². The zero-order chi connectivity index (χ0) is 13.2. The Morgan fingerprint density at radius 3 is 2.33 bits per heavy atom. The molecular formula is C14H21NO2S. The molecule has 0 spiro atoms. The number of thioether (sulfide) groups is 1. The molecule has 18 heavy (non-hydrogen) atoms. The number of methoxy groups -OCH3 is 2. The maximum atomic E-state index is 5.56. The number of hydrogen-bond acceptors (Lipinski definition) is 4. The van der Waals surface area contributed by atoms with Gasteiger partial charge in [-0.1, -0.05) is 0 Å². The van der Waals surface area contributed by atoms with Crippen LogP contribution in [0.5, 0.6) is 11.5 Å². The monoisotopic (exact) mass is 267 g/mol. The normalized spacial score (nSPS) is 16.4. The van der Waals surface area contributed by atoms with Gasteiger partial charge in [0.25, 0.3) is 0 Å². The van der Waals surface area contributed by atoms with Crippen molar-refractivity contribution in [3.8, 4) is 11.5 Å². The lowest BCUT2D eigenvalue weighted by atomic mass is 9.94. The first kappa shape index (κ1) is 13.6. The van der Waals surface area contributed by atoms with Crippen LogP contribution in [0.3, 0.4) is 0 Å². The molecule has 0 aliphatic heterocycles. The van der Waals surface area contributed by atoms with Crippen molar-refractivity contribution in [1.82, 2.24) is 5.32 Å². The van der Waals surface area contributed by atoms with Gasteiger partial charge in [0.2, 0.25) is 0 Å². The van der Waals surface area contributed by atoms with Crippen molar-refractivity contribution < 1.29 is 9.47 Å². The number of benzene rings is 1. The molecule has 1 aliphatic rings. The van der Waals surface area contributed by atoms with E-state index in [1.54, 1.807) is 26.0 Å². The van der Waals surface area contributed by atoms with Crippen molar-refractivity contribution in [2.45, 2.75) is 23.2 Å². The second-order valence-corrected chi connectivity index (χ2v) is 5.57. The van der Waals surface area contributed by atoms with E-state index in [0.717, 1.165) is 22.9 Å². The van der Waals surface area contributed by atoms with Crippen LogP contribution in [0.4, 0.5) is 0 Å². The fourth-order valence-corrected chi connectivity index (χ4v) is 3.04. The summed E-state index contributed by atoms with van der Waals surface area (Å²) in [6.45, 7) is 0.991. The van der Waals surface area contributed by atoms with Crippen molar-refractivity contribution in [2.75, 3.05) is 34.1 Å². The number of rotatable bonds is 6. The van der Waals surface area contributed by atoms with E-state index in [0.29, 0.717) is 0 Å². The quantitative estimate of drug-likeness (QED) is 0.803. The Morgan fingerprint density at radius 2 is 1.89 bits per heavy atom. The van der Waals surface area contributed by atoms with Gasteiger partial charge in [0.05, 0.1) is 19.1 Å². The average molecular weight is 267 g/mol. The Hall–Kier alpha value is -0.870. The first-order chi connectivity index (χ1) is 8.70. The van der Waals surface area contributed by atoms with Crippen LogP contribution in [0.1, 0.15) is 18.4 Å². The van der Waals surface area contributed by atoms with E-state index in [1.165, 1.54) is 18.4 Å². The van der Waals surface area contributed by atoms with Crippen LogP contribution in [0, 0.1) is 0 Å². The van der Waals surface area contributed by atoms with Gasteiger partial charge in [-0.25, -0.2) is 0 Å². The predicted octanol–water partition coefficient (Wildman–Crippen LogP) is 2.68. The summed E-state index contributed by atoms with van der Waals surface area (Å²) in [5.41, 5.74) is 1.51. The predicted molar refractivity (Wildman–Crippen MR) is 76.2 cm³/mol. The summed E-state index contributed by atoms with van der Waals surface area (Å²) in [6, 6.07) is 4.24. The van der Waals surface area contributed by atoms with Crippen molar-refractivity contribution in [1.29, 1.82) is 0 Å². The summed E-state index contributed by atoms with van der Waals surface area (Å²) < 4.78 is 11.0. The van der Waals surface area contributed by atoms with Crippen LogP contribution < -0.4 is 14.8 Å². The first-order valence-electron chi connectivity index (χ1n) is 6.16. The van der Waals surface area contributed by atoms with Crippen LogP contribution in [-0.4, -0.2) is 34.1 Å². The van der Waals surface area contributed by atoms with E-state index in [2.05, 4.69) is 23.7 Å². The molecular weight excluding hydrogens is 246 g/mol. The van der Waals surface area contributed by atoms with Crippen molar-refractivity contribution in [3.05, 3.63) is 17.7 Å². The second kappa shape index (κ2) is 5.41. The molecule has 2 rings (SSSR count). The van der Waals surface area contributed by atoms with Gasteiger partial charge in [-0.05, 0) is 38.3 Å². The standard InChI is InChI=1S/C14H21NO2S/c1-15-9-14(5-6-14)10-7-12(17-3)13(18-4)8-11(10)16-2/h7-8,15H,5-6,9H2,1-4H3. The molecule has 100 valence electrons. The Morgan fingerprint density at radius 1 is 1.22 bits per heavy atom. The number of likely N-dealkylation sites (N-methyl/N-ethyl adjacent to an activating group) is 1. The molecule has 1 N–H and O–H groups in total. The van der Waals surface area contributed by atoms with E-state index in [9.17, 15) is 0 Å². The molecule has 0 heterocycles. The summed E-state index contributed by atoms with van der Waals surface area (Å²) >= 11 is 1.68. The summed E-state index contributed by atoms with van der Waals surface area (Å²) in [6.07, 6.45) is 4.48. The molecule has 0 amide bonds. The lowest BCUT2D eigenvalue weighted by Gasteiger charge is -2.20. The van der Waals surface area contributed by atoms with Crippen LogP contribution in [0.15, 0.2) is 17.0 Å². The van der Waals surface area contributed by atoms with Gasteiger partial charge in [0, 0.05) is 17.5 Å².